The van der Waals surface area contributed by atoms with Crippen LogP contribution in [-0.2, 0) is 0 Å². The van der Waals surface area contributed by atoms with Gasteiger partial charge in [0.15, 0.2) is 0 Å². The molecular weight excluding hydrogens is 777 g/mol. The third-order valence-electron chi connectivity index (χ3n) is 13.8. The minimum Gasteiger partial charge on any atom is -0.333 e. The SMILES string of the molecule is C1=CCC(n2c3ccccc3c3ccc4c(c5ccccc5n4-c4cc(-c5ccccc5)cc(-n5c6ccccc6c6c5ccc5c7ccccc7n(-c7ccccc7)c56)c4)c32)C=C1. The summed E-state index contributed by atoms with van der Waals surface area (Å²) in [4.78, 5) is 0. The van der Waals surface area contributed by atoms with Gasteiger partial charge in [0.2, 0.25) is 0 Å². The number of fused-ring (bicyclic) bond motifs is 14. The van der Waals surface area contributed by atoms with Gasteiger partial charge in [-0.05, 0) is 84.3 Å². The fourth-order valence-electron chi connectivity index (χ4n) is 11.2. The lowest BCUT2D eigenvalue weighted by atomic mass is 10.0. The summed E-state index contributed by atoms with van der Waals surface area (Å²) in [5.41, 5.74) is 15.5. The van der Waals surface area contributed by atoms with Gasteiger partial charge in [-0.2, -0.15) is 0 Å². The van der Waals surface area contributed by atoms with Crippen LogP contribution in [0.3, 0.4) is 0 Å². The molecule has 0 aliphatic heterocycles. The Morgan fingerprint density at radius 2 is 0.828 bits per heavy atom. The van der Waals surface area contributed by atoms with Crippen molar-refractivity contribution in [1.82, 2.24) is 18.3 Å². The predicted octanol–water partition coefficient (Wildman–Crippen LogP) is 15.8. The highest BCUT2D eigenvalue weighted by Gasteiger charge is 2.25. The maximum absolute atomic E-state index is 2.60. The molecule has 0 spiro atoms. The van der Waals surface area contributed by atoms with Crippen molar-refractivity contribution in [3.05, 3.63) is 224 Å². The Kier molecular flexibility index (Phi) is 7.48. The number of nitrogens with zero attached hydrogens (tertiary/aromatic N) is 4. The van der Waals surface area contributed by atoms with Gasteiger partial charge < -0.3 is 18.3 Å². The molecule has 0 saturated heterocycles. The highest BCUT2D eigenvalue weighted by molar-refractivity contribution is 6.27. The third kappa shape index (κ3) is 4.93. The molecule has 0 amide bonds. The first kappa shape index (κ1) is 35.3. The molecular formula is C60H40N4. The molecule has 64 heavy (non-hydrogen) atoms. The minimum absolute atomic E-state index is 0.218. The van der Waals surface area contributed by atoms with Gasteiger partial charge in [-0.1, -0.05) is 158 Å². The smallest absolute Gasteiger partial charge is 0.0641 e. The number of rotatable bonds is 5. The second-order valence-corrected chi connectivity index (χ2v) is 17.2. The van der Waals surface area contributed by atoms with Crippen molar-refractivity contribution in [2.24, 2.45) is 0 Å². The zero-order valence-electron chi connectivity index (χ0n) is 34.9. The van der Waals surface area contributed by atoms with Crippen LogP contribution < -0.4 is 0 Å². The summed E-state index contributed by atoms with van der Waals surface area (Å²) in [7, 11) is 0. The fourth-order valence-corrected chi connectivity index (χ4v) is 11.2. The fraction of sp³-hybridized carbons (Fsp3) is 0.0333. The first-order valence-electron chi connectivity index (χ1n) is 22.3. The Morgan fingerprint density at radius 1 is 0.328 bits per heavy atom. The van der Waals surface area contributed by atoms with Gasteiger partial charge in [-0.3, -0.25) is 0 Å². The van der Waals surface area contributed by atoms with Gasteiger partial charge in [0.25, 0.3) is 0 Å². The van der Waals surface area contributed by atoms with Crippen molar-refractivity contribution in [1.29, 1.82) is 0 Å². The summed E-state index contributed by atoms with van der Waals surface area (Å²) in [6.07, 6.45) is 9.99. The zero-order chi connectivity index (χ0) is 41.9. The van der Waals surface area contributed by atoms with Crippen LogP contribution in [-0.4, -0.2) is 18.3 Å². The molecule has 1 unspecified atom stereocenters. The van der Waals surface area contributed by atoms with Crippen molar-refractivity contribution < 1.29 is 0 Å². The molecule has 0 radical (unpaired) electrons. The summed E-state index contributed by atoms with van der Waals surface area (Å²) >= 11 is 0. The maximum Gasteiger partial charge on any atom is 0.0641 e. The predicted molar refractivity (Wildman–Crippen MR) is 270 cm³/mol. The van der Waals surface area contributed by atoms with Crippen LogP contribution in [0.2, 0.25) is 0 Å². The van der Waals surface area contributed by atoms with Crippen LogP contribution in [0.15, 0.2) is 224 Å². The van der Waals surface area contributed by atoms with Gasteiger partial charge in [0.1, 0.15) is 0 Å². The van der Waals surface area contributed by atoms with Crippen molar-refractivity contribution in [2.45, 2.75) is 12.5 Å². The summed E-state index contributed by atoms with van der Waals surface area (Å²) < 4.78 is 10.1. The standard InChI is InChI=1S/C60H40N4/c1-4-18-39(19-5-1)40-36-43(61-53-30-16-12-26-49(53)57-55(61)34-32-47-45-24-10-14-28-51(45)63(59(47)57)41-20-6-2-7-21-41)38-44(37-40)62-54-31-17-13-27-50(54)58-56(62)35-33-48-46-25-11-15-29-52(46)64(60(48)58)42-22-8-3-9-23-42/h1-22,24-38,42H,23H2. The van der Waals surface area contributed by atoms with Gasteiger partial charge in [0.05, 0.1) is 44.7 Å². The molecule has 14 rings (SSSR count). The average molecular weight is 817 g/mol. The normalized spacial score (nSPS) is 14.2. The highest BCUT2D eigenvalue weighted by Crippen LogP contribution is 2.46. The lowest BCUT2D eigenvalue weighted by molar-refractivity contribution is 0.649. The Morgan fingerprint density at radius 3 is 1.44 bits per heavy atom. The molecule has 0 N–H and O–H groups in total. The summed E-state index contributed by atoms with van der Waals surface area (Å²) in [5, 5.41) is 10.1. The van der Waals surface area contributed by atoms with Gasteiger partial charge in [0, 0.05) is 65.7 Å². The van der Waals surface area contributed by atoms with E-state index in [0.717, 1.165) is 23.5 Å². The van der Waals surface area contributed by atoms with E-state index in [1.807, 2.05) is 0 Å². The quantitative estimate of drug-likeness (QED) is 0.165. The second-order valence-electron chi connectivity index (χ2n) is 17.2. The van der Waals surface area contributed by atoms with Crippen LogP contribution >= 0.6 is 0 Å². The highest BCUT2D eigenvalue weighted by atomic mass is 15.0. The number of hydrogen-bond acceptors (Lipinski definition) is 0. The van der Waals surface area contributed by atoms with E-state index < -0.39 is 0 Å². The average Bonchev–Trinajstić information content (AvgIpc) is 4.09. The summed E-state index contributed by atoms with van der Waals surface area (Å²) in [6, 6.07) is 74.2. The van der Waals surface area contributed by atoms with E-state index in [4.69, 9.17) is 0 Å². The van der Waals surface area contributed by atoms with E-state index in [-0.39, 0.29) is 6.04 Å². The Labute approximate surface area is 369 Å². The molecule has 0 saturated carbocycles. The van der Waals surface area contributed by atoms with Crippen LogP contribution in [0.5, 0.6) is 0 Å². The number of hydrogen-bond donors (Lipinski definition) is 0. The van der Waals surface area contributed by atoms with Gasteiger partial charge in [-0.15, -0.1) is 0 Å². The molecule has 13 aromatic rings. The van der Waals surface area contributed by atoms with E-state index in [0.29, 0.717) is 0 Å². The molecule has 300 valence electrons. The summed E-state index contributed by atoms with van der Waals surface area (Å²) in [6.45, 7) is 0. The Balaban J connectivity index is 1.10. The molecule has 0 bridgehead atoms. The Bertz CT molecular complexity index is 4100. The van der Waals surface area contributed by atoms with Crippen molar-refractivity contribution in [2.75, 3.05) is 0 Å². The van der Waals surface area contributed by atoms with E-state index in [9.17, 15) is 0 Å². The topological polar surface area (TPSA) is 19.7 Å². The number of aromatic nitrogens is 4. The summed E-state index contributed by atoms with van der Waals surface area (Å²) in [5.74, 6) is 0. The van der Waals surface area contributed by atoms with Gasteiger partial charge in [-0.25, -0.2) is 0 Å². The monoisotopic (exact) mass is 816 g/mol. The third-order valence-corrected chi connectivity index (χ3v) is 13.8. The van der Waals surface area contributed by atoms with Crippen LogP contribution in [0.1, 0.15) is 12.5 Å². The second kappa shape index (κ2) is 13.6. The first-order chi connectivity index (χ1) is 31.8. The molecule has 4 aromatic heterocycles. The van der Waals surface area contributed by atoms with Crippen LogP contribution in [0.4, 0.5) is 0 Å². The van der Waals surface area contributed by atoms with E-state index >= 15 is 0 Å². The molecule has 1 aliphatic rings. The largest absolute Gasteiger partial charge is 0.333 e. The molecule has 9 aromatic carbocycles. The van der Waals surface area contributed by atoms with E-state index in [2.05, 4.69) is 243 Å². The molecule has 1 atom stereocenters. The number of benzene rings is 9. The van der Waals surface area contributed by atoms with Crippen LogP contribution in [0, 0.1) is 0 Å². The van der Waals surface area contributed by atoms with Crippen LogP contribution in [0.25, 0.3) is 115 Å². The molecule has 0 fully saturated rings. The van der Waals surface area contributed by atoms with Crippen molar-refractivity contribution >= 4 is 87.2 Å². The first-order valence-corrected chi connectivity index (χ1v) is 22.3. The number of allylic oxidation sites excluding steroid dienone is 4. The van der Waals surface area contributed by atoms with Gasteiger partial charge >= 0.3 is 0 Å². The maximum atomic E-state index is 2.60. The molecule has 1 aliphatic carbocycles. The van der Waals surface area contributed by atoms with E-state index in [1.165, 1.54) is 98.4 Å². The lowest BCUT2D eigenvalue weighted by Gasteiger charge is -2.19. The minimum atomic E-state index is 0.218. The van der Waals surface area contributed by atoms with E-state index in [1.54, 1.807) is 0 Å². The number of para-hydroxylation sites is 5. The van der Waals surface area contributed by atoms with Crippen molar-refractivity contribution in [3.63, 3.8) is 0 Å². The zero-order valence-corrected chi connectivity index (χ0v) is 34.9. The molecule has 4 heteroatoms. The molecule has 4 nitrogen and oxygen atoms in total. The lowest BCUT2D eigenvalue weighted by Crippen LogP contribution is -2.07. The van der Waals surface area contributed by atoms with Crippen molar-refractivity contribution in [3.8, 4) is 28.2 Å². The Hall–Kier alpha value is -8.34. The molecule has 4 heterocycles.